The van der Waals surface area contributed by atoms with E-state index in [1.807, 2.05) is 0 Å². The first-order chi connectivity index (χ1) is 7.56. The monoisotopic (exact) mass is 262 g/mol. The van der Waals surface area contributed by atoms with Gasteiger partial charge in [-0.1, -0.05) is 0 Å². The molecule has 0 aliphatic rings. The van der Waals surface area contributed by atoms with Crippen LogP contribution >= 0.6 is 0 Å². The predicted molar refractivity (Wildman–Crippen MR) is 40.4 cm³/mol. The van der Waals surface area contributed by atoms with Crippen molar-refractivity contribution in [1.82, 2.24) is 10.2 Å². The molecule has 1 aromatic rings. The summed E-state index contributed by atoms with van der Waals surface area (Å²) >= 11 is 0. The van der Waals surface area contributed by atoms with E-state index in [2.05, 4.69) is 5.10 Å². The molecule has 0 saturated carbocycles. The van der Waals surface area contributed by atoms with E-state index in [9.17, 15) is 31.1 Å². The average Bonchev–Trinajstić information content (AvgIpc) is 2.64. The van der Waals surface area contributed by atoms with Crippen LogP contribution in [-0.2, 0) is 5.92 Å². The highest BCUT2D eigenvalue weighted by atomic mass is 19.4. The minimum Gasteiger partial charge on any atom is -0.476 e. The molecular weight excluding hydrogens is 258 g/mol. The lowest BCUT2D eigenvalue weighted by molar-refractivity contribution is -0.249. The largest absolute Gasteiger partial charge is 0.476 e. The number of nitrogens with one attached hydrogen (secondary N) is 1. The van der Waals surface area contributed by atoms with E-state index in [0.717, 1.165) is 0 Å². The Labute approximate surface area is 89.2 Å². The second-order valence-corrected chi connectivity index (χ2v) is 3.00. The lowest BCUT2D eigenvalue weighted by Crippen LogP contribution is -2.39. The fourth-order valence-electron chi connectivity index (χ4n) is 0.944. The zero-order chi connectivity index (χ0) is 13.4. The molecule has 1 heterocycles. The molecule has 1 aromatic heterocycles. The molecule has 4 nitrogen and oxygen atoms in total. The third-order valence-corrected chi connectivity index (χ3v) is 1.76. The number of aromatic amines is 1. The molecule has 10 heteroatoms. The molecule has 0 saturated heterocycles. The van der Waals surface area contributed by atoms with Crippen molar-refractivity contribution < 1.29 is 36.2 Å². The second kappa shape index (κ2) is 3.93. The van der Waals surface area contributed by atoms with Gasteiger partial charge >= 0.3 is 18.1 Å². The number of halogens is 6. The van der Waals surface area contributed by atoms with Crippen molar-refractivity contribution in [3.05, 3.63) is 17.5 Å². The molecule has 1 rings (SSSR count). The quantitative estimate of drug-likeness (QED) is 0.820. The minimum absolute atomic E-state index is 0.140. The van der Waals surface area contributed by atoms with E-state index in [1.54, 1.807) is 0 Å². The van der Waals surface area contributed by atoms with Crippen LogP contribution in [-0.4, -0.2) is 33.6 Å². The Morgan fingerprint density at radius 1 is 1.35 bits per heavy atom. The lowest BCUT2D eigenvalue weighted by atomic mass is 10.1. The summed E-state index contributed by atoms with van der Waals surface area (Å²) in [7, 11) is 0. The maximum atomic E-state index is 13.0. The number of rotatable bonds is 3. The molecule has 0 aliphatic heterocycles. The number of carboxylic acid groups (broad SMARTS) is 1. The lowest BCUT2D eigenvalue weighted by Gasteiger charge is -2.20. The molecular formula is C7H4F6N2O2. The van der Waals surface area contributed by atoms with Crippen molar-refractivity contribution in [2.24, 2.45) is 0 Å². The molecule has 1 atom stereocenters. The van der Waals surface area contributed by atoms with Gasteiger partial charge in [0.25, 0.3) is 6.17 Å². The summed E-state index contributed by atoms with van der Waals surface area (Å²) in [6.07, 6.45) is -10.2. The van der Waals surface area contributed by atoms with Crippen molar-refractivity contribution in [2.75, 3.05) is 0 Å². The standard InChI is InChI=1S/C7H4F6N2O2/c8-5(7(11,12)13)6(9,10)3-1-2(4(16)17)14-15-3/h1,5H,(H,14,15)(H,16,17). The fourth-order valence-corrected chi connectivity index (χ4v) is 0.944. The van der Waals surface area contributed by atoms with E-state index >= 15 is 0 Å². The van der Waals surface area contributed by atoms with Gasteiger partial charge in [-0.15, -0.1) is 0 Å². The summed E-state index contributed by atoms with van der Waals surface area (Å²) in [6.45, 7) is 0. The van der Waals surface area contributed by atoms with E-state index in [-0.39, 0.29) is 6.07 Å². The van der Waals surface area contributed by atoms with Crippen LogP contribution in [0.5, 0.6) is 0 Å². The van der Waals surface area contributed by atoms with Crippen LogP contribution in [0, 0.1) is 0 Å². The third-order valence-electron chi connectivity index (χ3n) is 1.76. The highest BCUT2D eigenvalue weighted by molar-refractivity contribution is 5.85. The summed E-state index contributed by atoms with van der Waals surface area (Å²) in [6, 6.07) is 0.140. The predicted octanol–water partition coefficient (Wildman–Crippen LogP) is 2.10. The summed E-state index contributed by atoms with van der Waals surface area (Å²) in [5, 5.41) is 12.5. The van der Waals surface area contributed by atoms with Crippen LogP contribution in [0.15, 0.2) is 6.07 Å². The van der Waals surface area contributed by atoms with Crippen molar-refractivity contribution in [2.45, 2.75) is 18.3 Å². The first-order valence-electron chi connectivity index (χ1n) is 3.94. The number of aromatic nitrogens is 2. The molecule has 0 fully saturated rings. The van der Waals surface area contributed by atoms with Gasteiger partial charge in [0, 0.05) is 6.07 Å². The smallest absolute Gasteiger partial charge is 0.426 e. The first kappa shape index (κ1) is 13.3. The molecule has 1 unspecified atom stereocenters. The van der Waals surface area contributed by atoms with E-state index < -0.39 is 35.6 Å². The number of hydrogen-bond acceptors (Lipinski definition) is 2. The molecule has 2 N–H and O–H groups in total. The Morgan fingerprint density at radius 3 is 2.24 bits per heavy atom. The van der Waals surface area contributed by atoms with Crippen molar-refractivity contribution in [1.29, 1.82) is 0 Å². The van der Waals surface area contributed by atoms with Crippen LogP contribution in [0.25, 0.3) is 0 Å². The fraction of sp³-hybridized carbons (Fsp3) is 0.429. The minimum atomic E-state index is -5.77. The topological polar surface area (TPSA) is 66.0 Å². The number of hydrogen-bond donors (Lipinski definition) is 2. The van der Waals surface area contributed by atoms with E-state index in [0.29, 0.717) is 0 Å². The van der Waals surface area contributed by atoms with E-state index in [1.165, 1.54) is 5.10 Å². The van der Waals surface area contributed by atoms with Crippen LogP contribution < -0.4 is 0 Å². The molecule has 96 valence electrons. The molecule has 0 bridgehead atoms. The van der Waals surface area contributed by atoms with Crippen molar-refractivity contribution in [3.8, 4) is 0 Å². The highest BCUT2D eigenvalue weighted by Crippen LogP contribution is 2.41. The van der Waals surface area contributed by atoms with E-state index in [4.69, 9.17) is 5.11 Å². The number of carbonyl (C=O) groups is 1. The SMILES string of the molecule is O=C(O)c1cc(C(F)(F)C(F)C(F)(F)F)[nH]n1. The molecule has 0 amide bonds. The number of alkyl halides is 6. The van der Waals surface area contributed by atoms with Gasteiger partial charge in [0.15, 0.2) is 5.69 Å². The summed E-state index contributed by atoms with van der Waals surface area (Å²) < 4.78 is 73.8. The number of nitrogens with zero attached hydrogens (tertiary/aromatic N) is 1. The molecule has 17 heavy (non-hydrogen) atoms. The van der Waals surface area contributed by atoms with Crippen LogP contribution in [0.4, 0.5) is 26.3 Å². The van der Waals surface area contributed by atoms with Crippen LogP contribution in [0.1, 0.15) is 16.2 Å². The van der Waals surface area contributed by atoms with Crippen LogP contribution in [0.2, 0.25) is 0 Å². The van der Waals surface area contributed by atoms with Crippen molar-refractivity contribution >= 4 is 5.97 Å². The van der Waals surface area contributed by atoms with Gasteiger partial charge < -0.3 is 5.11 Å². The van der Waals surface area contributed by atoms with Gasteiger partial charge in [0.1, 0.15) is 5.69 Å². The summed E-state index contributed by atoms with van der Waals surface area (Å²) in [4.78, 5) is 10.3. The normalized spacial score (nSPS) is 14.7. The summed E-state index contributed by atoms with van der Waals surface area (Å²) in [5.41, 5.74) is -2.49. The highest BCUT2D eigenvalue weighted by Gasteiger charge is 2.58. The van der Waals surface area contributed by atoms with Gasteiger partial charge in [-0.25, -0.2) is 9.18 Å². The maximum Gasteiger partial charge on any atom is 0.426 e. The van der Waals surface area contributed by atoms with Gasteiger partial charge in [0.2, 0.25) is 0 Å². The Kier molecular flexibility index (Phi) is 3.08. The average molecular weight is 262 g/mol. The molecule has 0 aromatic carbocycles. The second-order valence-electron chi connectivity index (χ2n) is 3.00. The Bertz CT molecular complexity index is 426. The number of aromatic carboxylic acids is 1. The van der Waals surface area contributed by atoms with Gasteiger partial charge in [-0.05, 0) is 0 Å². The number of H-pyrrole nitrogens is 1. The molecule has 0 radical (unpaired) electrons. The number of carboxylic acids is 1. The van der Waals surface area contributed by atoms with Gasteiger partial charge in [-0.2, -0.15) is 27.1 Å². The third kappa shape index (κ3) is 2.50. The zero-order valence-electron chi connectivity index (χ0n) is 7.73. The Morgan fingerprint density at radius 2 is 1.88 bits per heavy atom. The van der Waals surface area contributed by atoms with Gasteiger partial charge in [-0.3, -0.25) is 5.10 Å². The molecule has 0 spiro atoms. The Hall–Kier alpha value is -1.74. The Balaban J connectivity index is 3.08. The first-order valence-corrected chi connectivity index (χ1v) is 3.94. The summed E-state index contributed by atoms with van der Waals surface area (Å²) in [5.74, 6) is -6.66. The maximum absolute atomic E-state index is 13.0. The molecule has 0 aliphatic carbocycles. The zero-order valence-corrected chi connectivity index (χ0v) is 7.73. The van der Waals surface area contributed by atoms with Crippen molar-refractivity contribution in [3.63, 3.8) is 0 Å². The van der Waals surface area contributed by atoms with Gasteiger partial charge in [0.05, 0.1) is 0 Å². The van der Waals surface area contributed by atoms with Crippen LogP contribution in [0.3, 0.4) is 0 Å².